The first kappa shape index (κ1) is 13.4. The molecule has 0 bridgehead atoms. The first-order chi connectivity index (χ1) is 7.72. The fraction of sp³-hybridized carbons (Fsp3) is 0.700. The lowest BCUT2D eigenvalue weighted by Crippen LogP contribution is -2.51. The highest BCUT2D eigenvalue weighted by Gasteiger charge is 2.50. The third-order valence-electron chi connectivity index (χ3n) is 2.55. The van der Waals surface area contributed by atoms with Crippen molar-refractivity contribution in [3.8, 4) is 0 Å². The van der Waals surface area contributed by atoms with Crippen LogP contribution < -0.4 is 4.57 Å². The van der Waals surface area contributed by atoms with Crippen LogP contribution in [-0.4, -0.2) is 34.5 Å². The van der Waals surface area contributed by atoms with Gasteiger partial charge >= 0.3 is 8.97 Å². The summed E-state index contributed by atoms with van der Waals surface area (Å²) in [5, 5.41) is 0. The monoisotopic (exact) mass is 245 g/mol. The second-order valence-corrected chi connectivity index (χ2v) is 6.34. The molecule has 0 aliphatic heterocycles. The quantitative estimate of drug-likeness (QED) is 0.526. The van der Waals surface area contributed by atoms with Gasteiger partial charge < -0.3 is 13.3 Å². The van der Waals surface area contributed by atoms with E-state index in [0.29, 0.717) is 0 Å². The van der Waals surface area contributed by atoms with Crippen molar-refractivity contribution in [2.24, 2.45) is 0 Å². The number of unbranched alkanes of at least 4 members (excludes halogenated alkanes) is 1. The predicted octanol–water partition coefficient (Wildman–Crippen LogP) is 0.799. The maximum atomic E-state index is 5.38. The first-order valence-corrected chi connectivity index (χ1v) is 7.12. The Morgan fingerprint density at radius 2 is 1.81 bits per heavy atom. The van der Waals surface area contributed by atoms with Crippen molar-refractivity contribution < 1.29 is 17.8 Å². The summed E-state index contributed by atoms with van der Waals surface area (Å²) in [6.45, 7) is 3.18. The van der Waals surface area contributed by atoms with E-state index in [1.54, 1.807) is 21.3 Å². The van der Waals surface area contributed by atoms with Gasteiger partial charge in [-0.1, -0.05) is 13.3 Å². The Morgan fingerprint density at radius 3 is 2.31 bits per heavy atom. The van der Waals surface area contributed by atoms with Gasteiger partial charge in [0.15, 0.2) is 0 Å². The van der Waals surface area contributed by atoms with Gasteiger partial charge in [-0.05, 0) is 6.42 Å². The van der Waals surface area contributed by atoms with Gasteiger partial charge in [-0.15, -0.1) is 0 Å². The standard InChI is InChI=1S/C10H21N2O3Si/c1-5-6-7-11-8-9-12(10-11)16(13-2,14-3)15-4/h8-10H,5-7H2,1-4H3/q+1. The summed E-state index contributed by atoms with van der Waals surface area (Å²) in [4.78, 5) is 0. The first-order valence-electron chi connectivity index (χ1n) is 5.45. The van der Waals surface area contributed by atoms with Crippen LogP contribution >= 0.6 is 0 Å². The number of rotatable bonds is 7. The lowest BCUT2D eigenvalue weighted by molar-refractivity contribution is -0.696. The molecule has 0 spiro atoms. The van der Waals surface area contributed by atoms with E-state index < -0.39 is 8.97 Å². The second-order valence-electron chi connectivity index (χ2n) is 3.55. The number of aromatic nitrogens is 2. The third-order valence-corrected chi connectivity index (χ3v) is 5.00. The fourth-order valence-corrected chi connectivity index (χ4v) is 3.27. The minimum Gasteiger partial charge on any atom is -0.341 e. The van der Waals surface area contributed by atoms with Gasteiger partial charge in [0.2, 0.25) is 6.33 Å². The summed E-state index contributed by atoms with van der Waals surface area (Å²) in [6.07, 6.45) is 8.25. The average molecular weight is 245 g/mol. The van der Waals surface area contributed by atoms with Crippen molar-refractivity contribution in [3.63, 3.8) is 0 Å². The molecule has 92 valence electrons. The minimum absolute atomic E-state index is 1.01. The van der Waals surface area contributed by atoms with Crippen LogP contribution in [0, 0.1) is 0 Å². The maximum Gasteiger partial charge on any atom is 0.756 e. The van der Waals surface area contributed by atoms with Gasteiger partial charge in [0.25, 0.3) is 0 Å². The SMILES string of the molecule is CCCC[n+]1ccn([Si](OC)(OC)OC)c1. The summed E-state index contributed by atoms with van der Waals surface area (Å²) in [7, 11) is 2.10. The van der Waals surface area contributed by atoms with E-state index in [-0.39, 0.29) is 0 Å². The molecule has 0 amide bonds. The highest BCUT2D eigenvalue weighted by molar-refractivity contribution is 6.58. The molecule has 0 aliphatic rings. The molecule has 6 heteroatoms. The van der Waals surface area contributed by atoms with Crippen molar-refractivity contribution >= 4 is 8.97 Å². The molecule has 0 saturated heterocycles. The van der Waals surface area contributed by atoms with Gasteiger partial charge in [0.05, 0.1) is 6.54 Å². The van der Waals surface area contributed by atoms with Crippen LogP contribution in [0.5, 0.6) is 0 Å². The van der Waals surface area contributed by atoms with Crippen LogP contribution in [0.15, 0.2) is 18.7 Å². The molecule has 0 aromatic carbocycles. The fourth-order valence-electron chi connectivity index (χ4n) is 1.60. The molecule has 0 aliphatic carbocycles. The smallest absolute Gasteiger partial charge is 0.341 e. The Balaban J connectivity index is 2.81. The van der Waals surface area contributed by atoms with Gasteiger partial charge in [-0.2, -0.15) is 0 Å². The summed E-state index contributed by atoms with van der Waals surface area (Å²) in [5.74, 6) is 0. The van der Waals surface area contributed by atoms with Crippen LogP contribution in [0.4, 0.5) is 0 Å². The topological polar surface area (TPSA) is 36.5 Å². The predicted molar refractivity (Wildman–Crippen MR) is 61.7 cm³/mol. The Kier molecular flexibility index (Phi) is 5.13. The molecule has 0 unspecified atom stereocenters. The van der Waals surface area contributed by atoms with E-state index in [1.165, 1.54) is 6.42 Å². The van der Waals surface area contributed by atoms with Gasteiger partial charge in [-0.25, -0.2) is 8.80 Å². The lowest BCUT2D eigenvalue weighted by Gasteiger charge is -2.17. The van der Waals surface area contributed by atoms with E-state index >= 15 is 0 Å². The number of aryl methyl sites for hydroxylation is 1. The van der Waals surface area contributed by atoms with E-state index in [1.807, 2.05) is 23.0 Å². The Morgan fingerprint density at radius 1 is 1.19 bits per heavy atom. The van der Waals surface area contributed by atoms with Crippen LogP contribution in [-0.2, 0) is 19.8 Å². The number of nitrogens with zero attached hydrogens (tertiary/aromatic N) is 2. The van der Waals surface area contributed by atoms with Crippen LogP contribution in [0.1, 0.15) is 19.8 Å². The molecule has 0 fully saturated rings. The molecule has 0 atom stereocenters. The molecule has 0 saturated carbocycles. The van der Waals surface area contributed by atoms with E-state index in [2.05, 4.69) is 11.5 Å². The van der Waals surface area contributed by atoms with Crippen molar-refractivity contribution in [1.82, 2.24) is 4.23 Å². The maximum absolute atomic E-state index is 5.38. The van der Waals surface area contributed by atoms with Crippen LogP contribution in [0.3, 0.4) is 0 Å². The molecule has 0 N–H and O–H groups in total. The molecule has 16 heavy (non-hydrogen) atoms. The molecule has 1 heterocycles. The highest BCUT2D eigenvalue weighted by Crippen LogP contribution is 2.08. The average Bonchev–Trinajstić information content (AvgIpc) is 2.79. The largest absolute Gasteiger partial charge is 0.756 e. The summed E-state index contributed by atoms with van der Waals surface area (Å²) in [5.41, 5.74) is 0. The van der Waals surface area contributed by atoms with E-state index in [0.717, 1.165) is 13.0 Å². The van der Waals surface area contributed by atoms with Gasteiger partial charge in [-0.3, -0.25) is 0 Å². The molecular weight excluding hydrogens is 224 g/mol. The summed E-state index contributed by atoms with van der Waals surface area (Å²) >= 11 is 0. The third kappa shape index (κ3) is 2.70. The van der Waals surface area contributed by atoms with Crippen molar-refractivity contribution in [2.75, 3.05) is 21.3 Å². The Hall–Kier alpha value is -0.693. The Labute approximate surface area is 98.0 Å². The summed E-state index contributed by atoms with van der Waals surface area (Å²) < 4.78 is 20.2. The second kappa shape index (κ2) is 6.14. The van der Waals surface area contributed by atoms with Gasteiger partial charge in [0, 0.05) is 21.3 Å². The van der Waals surface area contributed by atoms with Crippen molar-refractivity contribution in [2.45, 2.75) is 26.3 Å². The number of hydrogen-bond acceptors (Lipinski definition) is 3. The molecular formula is C10H21N2O3Si+. The van der Waals surface area contributed by atoms with Crippen LogP contribution in [0.2, 0.25) is 0 Å². The van der Waals surface area contributed by atoms with E-state index in [4.69, 9.17) is 13.3 Å². The van der Waals surface area contributed by atoms with E-state index in [9.17, 15) is 0 Å². The lowest BCUT2D eigenvalue weighted by atomic mass is 10.3. The molecule has 5 nitrogen and oxygen atoms in total. The minimum atomic E-state index is -2.72. The van der Waals surface area contributed by atoms with Crippen molar-refractivity contribution in [3.05, 3.63) is 18.7 Å². The molecule has 0 radical (unpaired) electrons. The Bertz CT molecular complexity index is 305. The summed E-state index contributed by atoms with van der Waals surface area (Å²) in [6, 6.07) is 0. The molecule has 1 rings (SSSR count). The zero-order chi connectivity index (χ0) is 12.0. The molecule has 1 aromatic rings. The zero-order valence-electron chi connectivity index (χ0n) is 10.5. The van der Waals surface area contributed by atoms with Crippen molar-refractivity contribution in [1.29, 1.82) is 0 Å². The van der Waals surface area contributed by atoms with Crippen LogP contribution in [0.25, 0.3) is 0 Å². The highest BCUT2D eigenvalue weighted by atomic mass is 28.4. The number of imidazole rings is 1. The van der Waals surface area contributed by atoms with Gasteiger partial charge in [0.1, 0.15) is 12.4 Å². The number of hydrogen-bond donors (Lipinski definition) is 0. The normalized spacial score (nSPS) is 12.0. The zero-order valence-corrected chi connectivity index (χ0v) is 11.5. The molecule has 1 aromatic heterocycles.